The molecule has 368 valence electrons. The lowest BCUT2D eigenvalue weighted by atomic mass is 10.0. The van der Waals surface area contributed by atoms with E-state index in [1.165, 1.54) is 212 Å². The number of unbranched alkanes of at least 4 members (excludes halogenated alkanes) is 38. The molecule has 0 aromatic rings. The molecule has 0 bridgehead atoms. The largest absolute Gasteiger partial charge is 0.462 e. The van der Waals surface area contributed by atoms with E-state index >= 15 is 0 Å². The van der Waals surface area contributed by atoms with Crippen molar-refractivity contribution in [2.24, 2.45) is 5.92 Å². The first-order chi connectivity index (χ1) is 30.4. The Morgan fingerprint density at radius 1 is 0.306 bits per heavy atom. The van der Waals surface area contributed by atoms with Gasteiger partial charge in [-0.05, 0) is 25.2 Å². The van der Waals surface area contributed by atoms with Crippen molar-refractivity contribution in [3.8, 4) is 0 Å². The van der Waals surface area contributed by atoms with Crippen LogP contribution in [0.3, 0.4) is 0 Å². The summed E-state index contributed by atoms with van der Waals surface area (Å²) >= 11 is 0. The van der Waals surface area contributed by atoms with Gasteiger partial charge in [0.1, 0.15) is 13.2 Å². The van der Waals surface area contributed by atoms with E-state index in [0.717, 1.165) is 63.7 Å². The first-order valence-electron chi connectivity index (χ1n) is 27.9. The minimum Gasteiger partial charge on any atom is -0.462 e. The highest BCUT2D eigenvalue weighted by atomic mass is 16.6. The Hall–Kier alpha value is -1.59. The topological polar surface area (TPSA) is 78.9 Å². The van der Waals surface area contributed by atoms with Gasteiger partial charge >= 0.3 is 17.9 Å². The van der Waals surface area contributed by atoms with E-state index in [2.05, 4.69) is 27.7 Å². The Morgan fingerprint density at radius 3 is 0.790 bits per heavy atom. The Balaban J connectivity index is 4.22. The summed E-state index contributed by atoms with van der Waals surface area (Å²) in [5.74, 6) is 0.0185. The monoisotopic (exact) mass is 877 g/mol. The summed E-state index contributed by atoms with van der Waals surface area (Å²) in [6.45, 7) is 9.05. The molecule has 0 aliphatic rings. The van der Waals surface area contributed by atoms with Gasteiger partial charge in [-0.2, -0.15) is 0 Å². The van der Waals surface area contributed by atoms with Crippen LogP contribution in [0.1, 0.15) is 317 Å². The molecule has 62 heavy (non-hydrogen) atoms. The summed E-state index contributed by atoms with van der Waals surface area (Å²) in [4.78, 5) is 38.0. The van der Waals surface area contributed by atoms with Crippen molar-refractivity contribution in [1.29, 1.82) is 0 Å². The average molecular weight is 877 g/mol. The fraction of sp³-hybridized carbons (Fsp3) is 0.946. The molecular weight excluding hydrogens is 769 g/mol. The van der Waals surface area contributed by atoms with Crippen molar-refractivity contribution < 1.29 is 28.6 Å². The molecule has 0 rings (SSSR count). The van der Waals surface area contributed by atoms with Crippen molar-refractivity contribution in [3.63, 3.8) is 0 Å². The summed E-state index contributed by atoms with van der Waals surface area (Å²) in [5, 5.41) is 0. The Morgan fingerprint density at radius 2 is 0.532 bits per heavy atom. The second-order valence-electron chi connectivity index (χ2n) is 19.7. The minimum absolute atomic E-state index is 0.0622. The SMILES string of the molecule is CCCCCCCCCCCCCCC(=O)OC[C@H](COC(=O)CCCCCCCCCCCCC)OC(=O)CCCCCCCCCCCCCCCCCCCCC(C)C. The third-order valence-corrected chi connectivity index (χ3v) is 12.8. The van der Waals surface area contributed by atoms with Crippen LogP contribution in [-0.4, -0.2) is 37.2 Å². The number of rotatable bonds is 51. The van der Waals surface area contributed by atoms with Gasteiger partial charge in [-0.15, -0.1) is 0 Å². The van der Waals surface area contributed by atoms with Gasteiger partial charge in [-0.3, -0.25) is 14.4 Å². The van der Waals surface area contributed by atoms with Gasteiger partial charge in [-0.25, -0.2) is 0 Å². The lowest BCUT2D eigenvalue weighted by Crippen LogP contribution is -2.30. The van der Waals surface area contributed by atoms with Crippen molar-refractivity contribution in [2.75, 3.05) is 13.2 Å². The molecule has 0 radical (unpaired) electrons. The van der Waals surface area contributed by atoms with E-state index in [9.17, 15) is 14.4 Å². The van der Waals surface area contributed by atoms with Crippen molar-refractivity contribution in [2.45, 2.75) is 323 Å². The molecule has 0 spiro atoms. The fourth-order valence-corrected chi connectivity index (χ4v) is 8.57. The van der Waals surface area contributed by atoms with Crippen LogP contribution in [0.4, 0.5) is 0 Å². The maximum atomic E-state index is 12.8. The van der Waals surface area contributed by atoms with E-state index in [1.807, 2.05) is 0 Å². The van der Waals surface area contributed by atoms with E-state index < -0.39 is 6.10 Å². The predicted octanol–water partition coefficient (Wildman–Crippen LogP) is 18.2. The molecular formula is C56H108O6. The normalized spacial score (nSPS) is 12.0. The summed E-state index contributed by atoms with van der Waals surface area (Å²) in [7, 11) is 0. The van der Waals surface area contributed by atoms with Gasteiger partial charge in [-0.1, -0.05) is 278 Å². The second kappa shape index (κ2) is 50.4. The number of hydrogen-bond donors (Lipinski definition) is 0. The molecule has 0 aliphatic heterocycles. The van der Waals surface area contributed by atoms with Crippen LogP contribution >= 0.6 is 0 Å². The second-order valence-corrected chi connectivity index (χ2v) is 19.7. The van der Waals surface area contributed by atoms with Crippen LogP contribution in [0, 0.1) is 5.92 Å². The smallest absolute Gasteiger partial charge is 0.306 e. The van der Waals surface area contributed by atoms with Gasteiger partial charge < -0.3 is 14.2 Å². The molecule has 0 aromatic carbocycles. The van der Waals surface area contributed by atoms with E-state index in [0.29, 0.717) is 19.3 Å². The first-order valence-corrected chi connectivity index (χ1v) is 27.9. The highest BCUT2D eigenvalue weighted by molar-refractivity contribution is 5.71. The van der Waals surface area contributed by atoms with Crippen molar-refractivity contribution in [3.05, 3.63) is 0 Å². The quantitative estimate of drug-likeness (QED) is 0.0344. The third-order valence-electron chi connectivity index (χ3n) is 12.8. The maximum Gasteiger partial charge on any atom is 0.306 e. The fourth-order valence-electron chi connectivity index (χ4n) is 8.57. The average Bonchev–Trinajstić information content (AvgIpc) is 3.26. The Kier molecular flexibility index (Phi) is 49.1. The summed E-state index contributed by atoms with van der Waals surface area (Å²) in [5.41, 5.74) is 0. The molecule has 0 N–H and O–H groups in total. The van der Waals surface area contributed by atoms with Crippen LogP contribution in [0.2, 0.25) is 0 Å². The highest BCUT2D eigenvalue weighted by Crippen LogP contribution is 2.18. The molecule has 0 heterocycles. The van der Waals surface area contributed by atoms with E-state index in [1.54, 1.807) is 0 Å². The minimum atomic E-state index is -0.760. The lowest BCUT2D eigenvalue weighted by molar-refractivity contribution is -0.167. The van der Waals surface area contributed by atoms with Gasteiger partial charge in [0.05, 0.1) is 0 Å². The van der Waals surface area contributed by atoms with Gasteiger partial charge in [0, 0.05) is 19.3 Å². The van der Waals surface area contributed by atoms with Crippen molar-refractivity contribution >= 4 is 17.9 Å². The van der Waals surface area contributed by atoms with Gasteiger partial charge in [0.15, 0.2) is 6.10 Å². The molecule has 0 aromatic heterocycles. The molecule has 1 atom stereocenters. The van der Waals surface area contributed by atoms with Crippen LogP contribution in [0.15, 0.2) is 0 Å². The summed E-state index contributed by atoms with van der Waals surface area (Å²) in [6, 6.07) is 0. The molecule has 0 unspecified atom stereocenters. The number of esters is 3. The van der Waals surface area contributed by atoms with Crippen molar-refractivity contribution in [1.82, 2.24) is 0 Å². The molecule has 0 aliphatic carbocycles. The maximum absolute atomic E-state index is 12.8. The molecule has 0 amide bonds. The number of hydrogen-bond acceptors (Lipinski definition) is 6. The van der Waals surface area contributed by atoms with Gasteiger partial charge in [0.25, 0.3) is 0 Å². The summed E-state index contributed by atoms with van der Waals surface area (Å²) < 4.78 is 16.8. The molecule has 0 fully saturated rings. The standard InChI is InChI=1S/C56H108O6/c1-5-7-9-11-13-15-17-28-32-36-40-44-48-55(58)61-51-53(50-60-54(57)47-43-39-35-31-26-16-14-12-10-8-6-2)62-56(59)49-45-41-37-33-29-25-23-21-19-18-20-22-24-27-30-34-38-42-46-52(3)4/h52-53H,5-51H2,1-4H3/t53-/m0/s1. The van der Waals surface area contributed by atoms with E-state index in [4.69, 9.17) is 14.2 Å². The molecule has 6 heteroatoms. The molecule has 0 saturated heterocycles. The zero-order chi connectivity index (χ0) is 45.2. The Labute approximate surface area is 387 Å². The third kappa shape index (κ3) is 49.4. The van der Waals surface area contributed by atoms with Crippen LogP contribution in [0.25, 0.3) is 0 Å². The Bertz CT molecular complexity index is 933. The number of carbonyl (C=O) groups excluding carboxylic acids is 3. The first kappa shape index (κ1) is 60.4. The van der Waals surface area contributed by atoms with Crippen LogP contribution in [0.5, 0.6) is 0 Å². The van der Waals surface area contributed by atoms with E-state index in [-0.39, 0.29) is 31.1 Å². The lowest BCUT2D eigenvalue weighted by Gasteiger charge is -2.18. The number of carbonyl (C=O) groups is 3. The molecule has 6 nitrogen and oxygen atoms in total. The zero-order valence-corrected chi connectivity index (χ0v) is 42.3. The number of ether oxygens (including phenoxy) is 3. The molecule has 0 saturated carbocycles. The predicted molar refractivity (Wildman–Crippen MR) is 266 cm³/mol. The zero-order valence-electron chi connectivity index (χ0n) is 42.3. The highest BCUT2D eigenvalue weighted by Gasteiger charge is 2.19. The van der Waals surface area contributed by atoms with Crippen LogP contribution in [-0.2, 0) is 28.6 Å². The van der Waals surface area contributed by atoms with Gasteiger partial charge in [0.2, 0.25) is 0 Å². The van der Waals surface area contributed by atoms with Crippen LogP contribution < -0.4 is 0 Å². The summed E-state index contributed by atoms with van der Waals surface area (Å²) in [6.07, 6.45) is 53.8.